The number of halogens is 2. The Kier molecular flexibility index (Phi) is 5.89. The largest absolute Gasteiger partial charge is 0.376 e. The second-order valence-corrected chi connectivity index (χ2v) is 12.0. The van der Waals surface area contributed by atoms with Crippen molar-refractivity contribution in [2.75, 3.05) is 0 Å². The zero-order chi connectivity index (χ0) is 22.6. The average Bonchev–Trinajstić information content (AvgIpc) is 2.78. The van der Waals surface area contributed by atoms with Gasteiger partial charge in [0.25, 0.3) is 0 Å². The van der Waals surface area contributed by atoms with Crippen LogP contribution in [-0.4, -0.2) is 23.5 Å². The van der Waals surface area contributed by atoms with E-state index in [-0.39, 0.29) is 22.7 Å². The average molecular weight is 461 g/mol. The Morgan fingerprint density at radius 3 is 2.25 bits per heavy atom. The summed E-state index contributed by atoms with van der Waals surface area (Å²) in [5.74, 6) is 0.643. The van der Waals surface area contributed by atoms with E-state index in [0.29, 0.717) is 23.9 Å². The molecule has 0 heterocycles. The summed E-state index contributed by atoms with van der Waals surface area (Å²) in [6.45, 7) is 2.15. The van der Waals surface area contributed by atoms with Crippen molar-refractivity contribution >= 4 is 17.2 Å². The molecule has 2 atom stereocenters. The molecule has 0 spiro atoms. The van der Waals surface area contributed by atoms with Crippen molar-refractivity contribution in [2.24, 2.45) is 28.4 Å². The van der Waals surface area contributed by atoms with E-state index in [1.165, 1.54) is 5.56 Å². The van der Waals surface area contributed by atoms with Crippen molar-refractivity contribution < 1.29 is 8.78 Å². The maximum atomic E-state index is 13.8. The molecule has 0 aromatic heterocycles. The number of hydrogen-bond donors (Lipinski definition) is 2. The number of nitrogens with two attached hydrogens (primary N) is 1. The summed E-state index contributed by atoms with van der Waals surface area (Å²) >= 11 is 6.16. The highest BCUT2D eigenvalue weighted by Crippen LogP contribution is 2.73. The second-order valence-electron chi connectivity index (χ2n) is 11.6. The minimum atomic E-state index is -2.23. The Morgan fingerprint density at radius 2 is 1.69 bits per heavy atom. The zero-order valence-corrected chi connectivity index (χ0v) is 20.1. The van der Waals surface area contributed by atoms with Gasteiger partial charge in [-0.2, -0.15) is 0 Å². The highest BCUT2D eigenvalue weighted by Gasteiger charge is 2.67. The van der Waals surface area contributed by atoms with Gasteiger partial charge in [-0.25, -0.2) is 8.78 Å². The molecule has 1 aromatic rings. The SMILES string of the molecule is CCC1(CC(F)F)C2CC3(C(=S)N[C@H]4CC[C@H](N)CC4)CC1CC(c1ccccc1)(C2)C3. The molecule has 0 aliphatic heterocycles. The van der Waals surface area contributed by atoms with Crippen LogP contribution in [0.25, 0.3) is 0 Å². The number of rotatable bonds is 6. The molecule has 5 fully saturated rings. The fourth-order valence-electron chi connectivity index (χ4n) is 8.62. The lowest BCUT2D eigenvalue weighted by Gasteiger charge is -2.69. The van der Waals surface area contributed by atoms with Crippen LogP contribution in [0.1, 0.15) is 83.1 Å². The second kappa shape index (κ2) is 8.30. The summed E-state index contributed by atoms with van der Waals surface area (Å²) in [5, 5.41) is 3.78. The highest BCUT2D eigenvalue weighted by molar-refractivity contribution is 7.80. The zero-order valence-electron chi connectivity index (χ0n) is 19.3. The van der Waals surface area contributed by atoms with Gasteiger partial charge in [-0.15, -0.1) is 0 Å². The van der Waals surface area contributed by atoms with E-state index in [4.69, 9.17) is 18.0 Å². The molecule has 0 saturated heterocycles. The molecular formula is C27H38F2N2S. The molecule has 5 heteroatoms. The summed E-state index contributed by atoms with van der Waals surface area (Å²) < 4.78 is 27.7. The van der Waals surface area contributed by atoms with E-state index < -0.39 is 6.43 Å². The van der Waals surface area contributed by atoms with E-state index in [2.05, 4.69) is 42.6 Å². The summed E-state index contributed by atoms with van der Waals surface area (Å²) in [6, 6.07) is 11.6. The van der Waals surface area contributed by atoms with Crippen LogP contribution in [-0.2, 0) is 5.41 Å². The number of thiocarbonyl (C=S) groups is 1. The molecule has 0 radical (unpaired) electrons. The van der Waals surface area contributed by atoms with Crippen LogP contribution in [0.5, 0.6) is 0 Å². The molecule has 3 N–H and O–H groups in total. The number of benzene rings is 1. The van der Waals surface area contributed by atoms with E-state index >= 15 is 0 Å². The number of hydrogen-bond acceptors (Lipinski definition) is 2. The molecule has 0 amide bonds. The summed E-state index contributed by atoms with van der Waals surface area (Å²) in [5.41, 5.74) is 7.32. The first-order chi connectivity index (χ1) is 15.3. The van der Waals surface area contributed by atoms with Crippen molar-refractivity contribution in [2.45, 2.75) is 101 Å². The van der Waals surface area contributed by atoms with Gasteiger partial charge in [0.15, 0.2) is 0 Å². The van der Waals surface area contributed by atoms with Crippen molar-refractivity contribution in [3.8, 4) is 0 Å². The maximum Gasteiger partial charge on any atom is 0.239 e. The summed E-state index contributed by atoms with van der Waals surface area (Å²) in [6.07, 6.45) is 8.07. The topological polar surface area (TPSA) is 38.0 Å². The van der Waals surface area contributed by atoms with Crippen molar-refractivity contribution in [1.29, 1.82) is 0 Å². The lowest BCUT2D eigenvalue weighted by Crippen LogP contribution is -2.65. The highest BCUT2D eigenvalue weighted by atomic mass is 32.1. The molecule has 32 heavy (non-hydrogen) atoms. The lowest BCUT2D eigenvalue weighted by molar-refractivity contribution is -0.161. The van der Waals surface area contributed by atoms with Crippen LogP contribution < -0.4 is 11.1 Å². The minimum absolute atomic E-state index is 0.0443. The predicted molar refractivity (Wildman–Crippen MR) is 130 cm³/mol. The summed E-state index contributed by atoms with van der Waals surface area (Å²) in [4.78, 5) is 1.02. The van der Waals surface area contributed by atoms with Gasteiger partial charge in [-0.1, -0.05) is 49.5 Å². The van der Waals surface area contributed by atoms with Crippen molar-refractivity contribution in [1.82, 2.24) is 5.32 Å². The Bertz CT molecular complexity index is 817. The van der Waals surface area contributed by atoms with Crippen LogP contribution in [0.3, 0.4) is 0 Å². The molecule has 5 saturated carbocycles. The minimum Gasteiger partial charge on any atom is -0.376 e. The van der Waals surface area contributed by atoms with Gasteiger partial charge in [0.2, 0.25) is 6.43 Å². The van der Waals surface area contributed by atoms with Crippen LogP contribution in [0, 0.1) is 22.7 Å². The van der Waals surface area contributed by atoms with Crippen LogP contribution in [0.15, 0.2) is 30.3 Å². The third-order valence-electron chi connectivity index (χ3n) is 10.0. The van der Waals surface area contributed by atoms with Crippen LogP contribution in [0.4, 0.5) is 8.78 Å². The molecule has 5 aliphatic rings. The molecule has 4 bridgehead atoms. The van der Waals surface area contributed by atoms with Crippen molar-refractivity contribution in [3.05, 3.63) is 35.9 Å². The normalized spacial score (nSPS) is 42.9. The fourth-order valence-corrected chi connectivity index (χ4v) is 9.03. The van der Waals surface area contributed by atoms with Gasteiger partial charge >= 0.3 is 0 Å². The smallest absolute Gasteiger partial charge is 0.239 e. The first-order valence-electron chi connectivity index (χ1n) is 12.7. The fraction of sp³-hybridized carbons (Fsp3) is 0.741. The quantitative estimate of drug-likeness (QED) is 0.484. The van der Waals surface area contributed by atoms with E-state index in [1.54, 1.807) is 0 Å². The van der Waals surface area contributed by atoms with E-state index in [9.17, 15) is 8.78 Å². The Labute approximate surface area is 197 Å². The van der Waals surface area contributed by atoms with E-state index in [1.807, 2.05) is 0 Å². The van der Waals surface area contributed by atoms with Gasteiger partial charge in [-0.3, -0.25) is 0 Å². The molecule has 6 rings (SSSR count). The first-order valence-corrected chi connectivity index (χ1v) is 13.1. The number of nitrogens with one attached hydrogen (secondary N) is 1. The monoisotopic (exact) mass is 460 g/mol. The predicted octanol–water partition coefficient (Wildman–Crippen LogP) is 6.37. The Hall–Kier alpha value is -1.07. The Balaban J connectivity index is 1.48. The molecule has 1 aromatic carbocycles. The molecule has 176 valence electrons. The maximum absolute atomic E-state index is 13.8. The third-order valence-corrected chi connectivity index (χ3v) is 10.6. The first kappa shape index (κ1) is 22.7. The van der Waals surface area contributed by atoms with Gasteiger partial charge < -0.3 is 11.1 Å². The standard InChI is InChI=1S/C27H38F2N2S/c1-2-27(16-23(28)29)19-12-25(18-6-4-3-5-7-18)13-20(27)15-26(14-19,17-25)24(32)31-22-10-8-21(30)9-11-22/h3-7,19-23H,2,8-17,30H2,1H3,(H,31,32)/t19?,20?,21-,22-,25?,26?,27?. The van der Waals surface area contributed by atoms with E-state index in [0.717, 1.165) is 69.2 Å². The third kappa shape index (κ3) is 3.62. The van der Waals surface area contributed by atoms with Gasteiger partial charge in [-0.05, 0) is 92.4 Å². The van der Waals surface area contributed by atoms with Crippen molar-refractivity contribution in [3.63, 3.8) is 0 Å². The van der Waals surface area contributed by atoms with Crippen LogP contribution in [0.2, 0.25) is 0 Å². The summed E-state index contributed by atoms with van der Waals surface area (Å²) in [7, 11) is 0. The molecular weight excluding hydrogens is 422 g/mol. The number of alkyl halides is 2. The van der Waals surface area contributed by atoms with Gasteiger partial charge in [0.1, 0.15) is 0 Å². The lowest BCUT2D eigenvalue weighted by atomic mass is 9.35. The molecule has 2 unspecified atom stereocenters. The van der Waals surface area contributed by atoms with Gasteiger partial charge in [0.05, 0.1) is 4.99 Å². The molecule has 5 aliphatic carbocycles. The van der Waals surface area contributed by atoms with Gasteiger partial charge in [0, 0.05) is 23.9 Å². The Morgan fingerprint density at radius 1 is 1.06 bits per heavy atom. The van der Waals surface area contributed by atoms with Crippen LogP contribution >= 0.6 is 12.2 Å². The molecule has 2 nitrogen and oxygen atoms in total.